The average molecular weight is 266 g/mol. The first-order chi connectivity index (χ1) is 7.13. The molecule has 0 fully saturated rings. The summed E-state index contributed by atoms with van der Waals surface area (Å²) in [6.45, 7) is 4.59. The van der Waals surface area contributed by atoms with Gasteiger partial charge in [0.15, 0.2) is 0 Å². The average Bonchev–Trinajstić information content (AvgIpc) is 2.08. The number of hydrogen-bond donors (Lipinski definition) is 1. The van der Waals surface area contributed by atoms with Crippen molar-refractivity contribution in [1.82, 2.24) is 0 Å². The van der Waals surface area contributed by atoms with Crippen LogP contribution in [-0.2, 0) is 10.0 Å². The van der Waals surface area contributed by atoms with Gasteiger partial charge >= 0.3 is 0 Å². The largest absolute Gasteiger partial charge is 0.280 e. The Labute approximate surface area is 99.7 Å². The van der Waals surface area contributed by atoms with Crippen LogP contribution in [0.3, 0.4) is 0 Å². The first kappa shape index (κ1) is 13.3. The fourth-order valence-corrected chi connectivity index (χ4v) is 1.79. The van der Waals surface area contributed by atoms with Gasteiger partial charge in [-0.1, -0.05) is 11.6 Å². The van der Waals surface area contributed by atoms with Crippen LogP contribution in [-0.4, -0.2) is 13.2 Å². The molecule has 1 aromatic rings. The van der Waals surface area contributed by atoms with Gasteiger partial charge in [0.1, 0.15) is 5.82 Å². The Morgan fingerprint density at radius 1 is 1.31 bits per heavy atom. The van der Waals surface area contributed by atoms with Crippen molar-refractivity contribution < 1.29 is 12.8 Å². The number of halogens is 2. The first-order valence-electron chi connectivity index (χ1n) is 4.61. The van der Waals surface area contributed by atoms with Crippen molar-refractivity contribution in [2.24, 2.45) is 0 Å². The summed E-state index contributed by atoms with van der Waals surface area (Å²) in [6.07, 6.45) is 0. The molecule has 0 saturated carbocycles. The molecule has 0 heterocycles. The van der Waals surface area contributed by atoms with Crippen molar-refractivity contribution in [2.45, 2.75) is 25.5 Å². The number of rotatable bonds is 2. The summed E-state index contributed by atoms with van der Waals surface area (Å²) >= 11 is 5.56. The van der Waals surface area contributed by atoms with E-state index in [-0.39, 0.29) is 10.7 Å². The molecule has 16 heavy (non-hydrogen) atoms. The van der Waals surface area contributed by atoms with Gasteiger partial charge in [0.05, 0.1) is 10.4 Å². The van der Waals surface area contributed by atoms with Gasteiger partial charge in [0.2, 0.25) is 10.0 Å². The molecule has 0 aliphatic carbocycles. The minimum absolute atomic E-state index is 0.0978. The second-order valence-electron chi connectivity index (χ2n) is 4.34. The summed E-state index contributed by atoms with van der Waals surface area (Å²) in [5, 5.41) is 0.219. The molecule has 0 aromatic heterocycles. The van der Waals surface area contributed by atoms with Crippen LogP contribution in [0.15, 0.2) is 18.2 Å². The van der Waals surface area contributed by atoms with Crippen molar-refractivity contribution in [3.63, 3.8) is 0 Å². The molecule has 0 radical (unpaired) electrons. The van der Waals surface area contributed by atoms with E-state index in [0.717, 1.165) is 6.07 Å². The molecular weight excluding hydrogens is 253 g/mol. The lowest BCUT2D eigenvalue weighted by molar-refractivity contribution is 0.564. The van der Waals surface area contributed by atoms with E-state index in [0.29, 0.717) is 0 Å². The lowest BCUT2D eigenvalue weighted by Gasteiger charge is -2.20. The summed E-state index contributed by atoms with van der Waals surface area (Å²) in [5.41, 5.74) is -0.0978. The van der Waals surface area contributed by atoms with E-state index in [1.165, 1.54) is 32.9 Å². The zero-order valence-corrected chi connectivity index (χ0v) is 10.8. The van der Waals surface area contributed by atoms with Gasteiger partial charge < -0.3 is 0 Å². The highest BCUT2D eigenvalue weighted by atomic mass is 35.5. The molecule has 0 amide bonds. The van der Waals surface area contributed by atoms with E-state index >= 15 is 0 Å². The van der Waals surface area contributed by atoms with E-state index in [4.69, 9.17) is 11.6 Å². The normalized spacial score (nSPS) is 12.6. The standard InChI is InChI=1S/C10H13ClFNO2S/c1-10(2,3)16(14,15)13-9-5-4-7(11)6-8(9)12/h4-6,13H,1-3H3. The molecule has 1 aromatic carbocycles. The topological polar surface area (TPSA) is 46.2 Å². The minimum Gasteiger partial charge on any atom is -0.280 e. The zero-order valence-electron chi connectivity index (χ0n) is 9.21. The van der Waals surface area contributed by atoms with E-state index in [9.17, 15) is 12.8 Å². The van der Waals surface area contributed by atoms with Crippen LogP contribution < -0.4 is 4.72 Å². The van der Waals surface area contributed by atoms with Gasteiger partial charge in [-0.15, -0.1) is 0 Å². The third kappa shape index (κ3) is 2.86. The maximum absolute atomic E-state index is 13.4. The van der Waals surface area contributed by atoms with Gasteiger partial charge in [-0.25, -0.2) is 12.8 Å². The number of benzene rings is 1. The van der Waals surface area contributed by atoms with Gasteiger partial charge in [0.25, 0.3) is 0 Å². The van der Waals surface area contributed by atoms with Crippen molar-refractivity contribution in [3.05, 3.63) is 29.0 Å². The molecule has 90 valence electrons. The Morgan fingerprint density at radius 2 is 1.88 bits per heavy atom. The Balaban J connectivity index is 3.07. The number of sulfonamides is 1. The first-order valence-corrected chi connectivity index (χ1v) is 6.47. The van der Waals surface area contributed by atoms with E-state index in [2.05, 4.69) is 4.72 Å². The van der Waals surface area contributed by atoms with Crippen molar-refractivity contribution in [1.29, 1.82) is 0 Å². The highest BCUT2D eigenvalue weighted by Crippen LogP contribution is 2.23. The van der Waals surface area contributed by atoms with Crippen molar-refractivity contribution in [2.75, 3.05) is 4.72 Å². The van der Waals surface area contributed by atoms with E-state index in [1.54, 1.807) is 0 Å². The van der Waals surface area contributed by atoms with Crippen LogP contribution in [0.5, 0.6) is 0 Å². The van der Waals surface area contributed by atoms with Crippen LogP contribution in [0, 0.1) is 5.82 Å². The fraction of sp³-hybridized carbons (Fsp3) is 0.400. The molecular formula is C10H13ClFNO2S. The van der Waals surface area contributed by atoms with Crippen molar-refractivity contribution >= 4 is 27.3 Å². The van der Waals surface area contributed by atoms with Gasteiger partial charge in [-0.3, -0.25) is 4.72 Å². The number of anilines is 1. The third-order valence-electron chi connectivity index (χ3n) is 1.98. The van der Waals surface area contributed by atoms with Gasteiger partial charge in [-0.2, -0.15) is 0 Å². The minimum atomic E-state index is -3.62. The van der Waals surface area contributed by atoms with Crippen molar-refractivity contribution in [3.8, 4) is 0 Å². The summed E-state index contributed by atoms with van der Waals surface area (Å²) in [7, 11) is -3.62. The zero-order chi connectivity index (χ0) is 12.6. The SMILES string of the molecule is CC(C)(C)S(=O)(=O)Nc1ccc(Cl)cc1F. The van der Waals surface area contributed by atoms with Gasteiger partial charge in [-0.05, 0) is 39.0 Å². The summed E-state index contributed by atoms with van der Waals surface area (Å²) < 4.78 is 38.0. The molecule has 6 heteroatoms. The third-order valence-corrected chi connectivity index (χ3v) is 4.32. The number of hydrogen-bond acceptors (Lipinski definition) is 2. The summed E-state index contributed by atoms with van der Waals surface area (Å²) in [6, 6.07) is 3.77. The Bertz CT molecular complexity index is 494. The Morgan fingerprint density at radius 3 is 2.31 bits per heavy atom. The smallest absolute Gasteiger partial charge is 0.237 e. The lowest BCUT2D eigenvalue weighted by Crippen LogP contribution is -2.33. The second-order valence-corrected chi connectivity index (χ2v) is 7.21. The lowest BCUT2D eigenvalue weighted by atomic mass is 10.3. The van der Waals surface area contributed by atoms with Crippen LogP contribution in [0.4, 0.5) is 10.1 Å². The van der Waals surface area contributed by atoms with Crippen LogP contribution in [0.1, 0.15) is 20.8 Å². The van der Waals surface area contributed by atoms with E-state index in [1.807, 2.05) is 0 Å². The molecule has 0 aliphatic rings. The Kier molecular flexibility index (Phi) is 3.50. The number of nitrogens with one attached hydrogen (secondary N) is 1. The predicted octanol–water partition coefficient (Wildman–Crippen LogP) is 3.02. The highest BCUT2D eigenvalue weighted by Gasteiger charge is 2.29. The maximum atomic E-state index is 13.4. The molecule has 1 rings (SSSR count). The van der Waals surface area contributed by atoms with Crippen LogP contribution in [0.2, 0.25) is 5.02 Å². The quantitative estimate of drug-likeness (QED) is 0.893. The summed E-state index contributed by atoms with van der Waals surface area (Å²) in [4.78, 5) is 0. The monoisotopic (exact) mass is 265 g/mol. The van der Waals surface area contributed by atoms with Crippen LogP contribution in [0.25, 0.3) is 0 Å². The molecule has 0 spiro atoms. The van der Waals surface area contributed by atoms with E-state index < -0.39 is 20.6 Å². The fourth-order valence-electron chi connectivity index (χ4n) is 0.870. The second kappa shape index (κ2) is 4.22. The predicted molar refractivity (Wildman–Crippen MR) is 63.7 cm³/mol. The molecule has 1 N–H and O–H groups in total. The Hall–Kier alpha value is -0.810. The molecule has 0 unspecified atom stereocenters. The maximum Gasteiger partial charge on any atom is 0.237 e. The molecule has 0 aliphatic heterocycles. The molecule has 0 saturated heterocycles. The summed E-state index contributed by atoms with van der Waals surface area (Å²) in [5.74, 6) is -0.694. The molecule has 3 nitrogen and oxygen atoms in total. The van der Waals surface area contributed by atoms with Crippen LogP contribution >= 0.6 is 11.6 Å². The molecule has 0 bridgehead atoms. The highest BCUT2D eigenvalue weighted by molar-refractivity contribution is 7.94. The molecule has 0 atom stereocenters. The van der Waals surface area contributed by atoms with Gasteiger partial charge in [0, 0.05) is 5.02 Å².